The van der Waals surface area contributed by atoms with E-state index in [9.17, 15) is 8.42 Å². The molecule has 0 heterocycles. The summed E-state index contributed by atoms with van der Waals surface area (Å²) in [6.07, 6.45) is 6.37. The van der Waals surface area contributed by atoms with Crippen molar-refractivity contribution in [1.82, 2.24) is 0 Å². The minimum Gasteiger partial charge on any atom is -0.229 e. The summed E-state index contributed by atoms with van der Waals surface area (Å²) >= 11 is 5.78. The fourth-order valence-corrected chi connectivity index (χ4v) is 3.82. The topological polar surface area (TPSA) is 34.1 Å². The quantitative estimate of drug-likeness (QED) is 0.721. The highest BCUT2D eigenvalue weighted by atomic mass is 35.5. The number of hydrogen-bond acceptors (Lipinski definition) is 2. The summed E-state index contributed by atoms with van der Waals surface area (Å²) in [4.78, 5) is 0. The van der Waals surface area contributed by atoms with Crippen molar-refractivity contribution in [3.8, 4) is 0 Å². The van der Waals surface area contributed by atoms with Crippen LogP contribution < -0.4 is 0 Å². The molecule has 0 N–H and O–H groups in total. The van der Waals surface area contributed by atoms with Crippen LogP contribution in [0.2, 0.25) is 0 Å². The first-order valence-corrected chi connectivity index (χ1v) is 8.17. The van der Waals surface area contributed by atoms with Gasteiger partial charge < -0.3 is 0 Å². The Balaban J connectivity index is 2.49. The van der Waals surface area contributed by atoms with Crippen LogP contribution in [0.15, 0.2) is 0 Å². The van der Waals surface area contributed by atoms with Crippen LogP contribution in [0, 0.1) is 11.8 Å². The normalized spacial score (nSPS) is 30.1. The molecule has 2 nitrogen and oxygen atoms in total. The minimum atomic E-state index is -2.83. The molecule has 1 saturated carbocycles. The van der Waals surface area contributed by atoms with E-state index >= 15 is 0 Å². The lowest BCUT2D eigenvalue weighted by atomic mass is 9.83. The number of rotatable bonds is 4. The SMILES string of the molecule is CC(CCl)CC1CCCC(S(C)(=O)=O)C1. The average molecular weight is 253 g/mol. The van der Waals surface area contributed by atoms with Crippen molar-refractivity contribution in [3.63, 3.8) is 0 Å². The van der Waals surface area contributed by atoms with E-state index in [1.807, 2.05) is 0 Å². The van der Waals surface area contributed by atoms with Gasteiger partial charge in [0.15, 0.2) is 0 Å². The molecule has 0 bridgehead atoms. The third kappa shape index (κ3) is 4.31. The van der Waals surface area contributed by atoms with E-state index in [-0.39, 0.29) is 5.25 Å². The maximum Gasteiger partial charge on any atom is 0.150 e. The third-order valence-corrected chi connectivity index (χ3v) is 5.51. The third-order valence-electron chi connectivity index (χ3n) is 3.34. The van der Waals surface area contributed by atoms with Gasteiger partial charge in [-0.3, -0.25) is 0 Å². The molecular formula is C11H21ClO2S. The number of halogens is 1. The molecule has 0 amide bonds. The molecule has 1 fully saturated rings. The Kier molecular flexibility index (Phi) is 4.91. The van der Waals surface area contributed by atoms with Gasteiger partial charge in [0.2, 0.25) is 0 Å². The van der Waals surface area contributed by atoms with Crippen molar-refractivity contribution >= 4 is 21.4 Å². The maximum atomic E-state index is 11.5. The Morgan fingerprint density at radius 1 is 1.40 bits per heavy atom. The van der Waals surface area contributed by atoms with Crippen LogP contribution in [-0.2, 0) is 9.84 Å². The highest BCUT2D eigenvalue weighted by Gasteiger charge is 2.29. The molecule has 4 heteroatoms. The average Bonchev–Trinajstić information content (AvgIpc) is 2.17. The standard InChI is InChI=1S/C11H21ClO2S/c1-9(8-12)6-10-4-3-5-11(7-10)15(2,13)14/h9-11H,3-8H2,1-2H3. The zero-order valence-electron chi connectivity index (χ0n) is 9.58. The number of hydrogen-bond donors (Lipinski definition) is 0. The van der Waals surface area contributed by atoms with Gasteiger partial charge in [0.1, 0.15) is 9.84 Å². The molecule has 0 saturated heterocycles. The first-order chi connectivity index (χ1) is 6.93. The van der Waals surface area contributed by atoms with Crippen LogP contribution in [0.4, 0.5) is 0 Å². The van der Waals surface area contributed by atoms with E-state index in [1.165, 1.54) is 12.7 Å². The van der Waals surface area contributed by atoms with Crippen molar-refractivity contribution < 1.29 is 8.42 Å². The van der Waals surface area contributed by atoms with Gasteiger partial charge in [0.25, 0.3) is 0 Å². The van der Waals surface area contributed by atoms with E-state index in [4.69, 9.17) is 11.6 Å². The molecule has 0 radical (unpaired) electrons. The minimum absolute atomic E-state index is 0.0984. The maximum absolute atomic E-state index is 11.5. The summed E-state index contributed by atoms with van der Waals surface area (Å²) in [5.41, 5.74) is 0. The van der Waals surface area contributed by atoms with Crippen molar-refractivity contribution in [2.45, 2.75) is 44.3 Å². The van der Waals surface area contributed by atoms with Gasteiger partial charge in [-0.15, -0.1) is 11.6 Å². The second-order valence-corrected chi connectivity index (χ2v) is 7.61. The van der Waals surface area contributed by atoms with Crippen LogP contribution in [0.1, 0.15) is 39.0 Å². The molecule has 0 spiro atoms. The summed E-state index contributed by atoms with van der Waals surface area (Å²) in [5, 5.41) is -0.0984. The molecule has 0 aliphatic heterocycles. The molecule has 90 valence electrons. The lowest BCUT2D eigenvalue weighted by Crippen LogP contribution is -2.28. The van der Waals surface area contributed by atoms with E-state index < -0.39 is 9.84 Å². The Bertz CT molecular complexity index is 287. The second-order valence-electron chi connectivity index (χ2n) is 4.98. The molecule has 1 aliphatic carbocycles. The fraction of sp³-hybridized carbons (Fsp3) is 1.00. The summed E-state index contributed by atoms with van der Waals surface area (Å²) < 4.78 is 22.9. The fourth-order valence-electron chi connectivity index (χ4n) is 2.48. The Labute approximate surface area is 98.3 Å². The molecule has 0 aromatic carbocycles. The van der Waals surface area contributed by atoms with E-state index in [2.05, 4.69) is 6.92 Å². The largest absolute Gasteiger partial charge is 0.229 e. The molecule has 0 aromatic heterocycles. The van der Waals surface area contributed by atoms with E-state index in [1.54, 1.807) is 0 Å². The van der Waals surface area contributed by atoms with Crippen LogP contribution in [-0.4, -0.2) is 25.8 Å². The Morgan fingerprint density at radius 2 is 2.07 bits per heavy atom. The molecule has 1 rings (SSSR count). The molecule has 1 aliphatic rings. The predicted octanol–water partition coefficient (Wildman–Crippen LogP) is 2.85. The van der Waals surface area contributed by atoms with Gasteiger partial charge >= 0.3 is 0 Å². The molecular weight excluding hydrogens is 232 g/mol. The number of sulfone groups is 1. The van der Waals surface area contributed by atoms with Crippen LogP contribution >= 0.6 is 11.6 Å². The van der Waals surface area contributed by atoms with Crippen LogP contribution in [0.5, 0.6) is 0 Å². The zero-order valence-corrected chi connectivity index (χ0v) is 11.1. The summed E-state index contributed by atoms with van der Waals surface area (Å²) in [6.45, 7) is 2.14. The van der Waals surface area contributed by atoms with Gasteiger partial charge in [0, 0.05) is 12.1 Å². The van der Waals surface area contributed by atoms with Gasteiger partial charge in [0.05, 0.1) is 5.25 Å². The molecule has 3 unspecified atom stereocenters. The highest BCUT2D eigenvalue weighted by molar-refractivity contribution is 7.91. The van der Waals surface area contributed by atoms with E-state index in [0.29, 0.717) is 17.7 Å². The summed E-state index contributed by atoms with van der Waals surface area (Å²) in [7, 11) is -2.83. The van der Waals surface area contributed by atoms with E-state index in [0.717, 1.165) is 25.7 Å². The molecule has 0 aromatic rings. The van der Waals surface area contributed by atoms with Gasteiger partial charge in [-0.25, -0.2) is 8.42 Å². The summed E-state index contributed by atoms with van der Waals surface area (Å²) in [5.74, 6) is 1.75. The molecule has 3 atom stereocenters. The highest BCUT2D eigenvalue weighted by Crippen LogP contribution is 2.32. The van der Waals surface area contributed by atoms with Crippen LogP contribution in [0.3, 0.4) is 0 Å². The Hall–Kier alpha value is 0.240. The van der Waals surface area contributed by atoms with Crippen molar-refractivity contribution in [1.29, 1.82) is 0 Å². The first-order valence-electron chi connectivity index (χ1n) is 5.68. The lowest BCUT2D eigenvalue weighted by Gasteiger charge is -2.29. The van der Waals surface area contributed by atoms with Crippen molar-refractivity contribution in [2.75, 3.05) is 12.1 Å². The monoisotopic (exact) mass is 252 g/mol. The number of alkyl halides is 1. The van der Waals surface area contributed by atoms with Crippen LogP contribution in [0.25, 0.3) is 0 Å². The Morgan fingerprint density at radius 3 is 2.60 bits per heavy atom. The predicted molar refractivity (Wildman–Crippen MR) is 65.1 cm³/mol. The summed E-state index contributed by atoms with van der Waals surface area (Å²) in [6, 6.07) is 0. The lowest BCUT2D eigenvalue weighted by molar-refractivity contribution is 0.307. The van der Waals surface area contributed by atoms with Crippen molar-refractivity contribution in [2.24, 2.45) is 11.8 Å². The van der Waals surface area contributed by atoms with Gasteiger partial charge in [-0.1, -0.05) is 19.8 Å². The second kappa shape index (κ2) is 5.53. The van der Waals surface area contributed by atoms with Gasteiger partial charge in [-0.05, 0) is 31.1 Å². The zero-order chi connectivity index (χ0) is 11.5. The molecule has 15 heavy (non-hydrogen) atoms. The smallest absolute Gasteiger partial charge is 0.150 e. The first kappa shape index (κ1) is 13.3. The van der Waals surface area contributed by atoms with Crippen molar-refractivity contribution in [3.05, 3.63) is 0 Å². The van der Waals surface area contributed by atoms with Gasteiger partial charge in [-0.2, -0.15) is 0 Å².